The summed E-state index contributed by atoms with van der Waals surface area (Å²) in [5.74, 6) is -1.89. The molecule has 0 aliphatic rings. The summed E-state index contributed by atoms with van der Waals surface area (Å²) in [6.07, 6.45) is 0. The van der Waals surface area contributed by atoms with E-state index < -0.39 is 17.6 Å². The quantitative estimate of drug-likeness (QED) is 0.913. The lowest BCUT2D eigenvalue weighted by atomic mass is 10.1. The monoisotopic (exact) mass is 292 g/mol. The Morgan fingerprint density at radius 2 is 1.80 bits per heavy atom. The fourth-order valence-electron chi connectivity index (χ4n) is 1.64. The van der Waals surface area contributed by atoms with Gasteiger partial charge in [-0.05, 0) is 30.3 Å². The van der Waals surface area contributed by atoms with Crippen LogP contribution in [0.3, 0.4) is 0 Å². The number of nitrogens with one attached hydrogen (secondary N) is 1. The fraction of sp³-hybridized carbons (Fsp3) is 0. The third-order valence-corrected chi connectivity index (χ3v) is 2.92. The van der Waals surface area contributed by atoms with E-state index in [2.05, 4.69) is 5.32 Å². The molecule has 0 heterocycles. The van der Waals surface area contributed by atoms with E-state index in [-0.39, 0.29) is 16.1 Å². The maximum absolute atomic E-state index is 13.4. The molecule has 0 saturated heterocycles. The summed E-state index contributed by atoms with van der Waals surface area (Å²) in [5.41, 5.74) is 5.53. The SMILES string of the molecule is NC(=O)c1ccc(NC(=O)c2ccccc2F)cc1Cl. The van der Waals surface area contributed by atoms with Gasteiger partial charge in [-0.15, -0.1) is 0 Å². The van der Waals surface area contributed by atoms with Crippen LogP contribution < -0.4 is 11.1 Å². The van der Waals surface area contributed by atoms with Crippen LogP contribution in [0, 0.1) is 5.82 Å². The van der Waals surface area contributed by atoms with Gasteiger partial charge in [-0.25, -0.2) is 4.39 Å². The molecule has 20 heavy (non-hydrogen) atoms. The minimum atomic E-state index is -0.665. The van der Waals surface area contributed by atoms with Crippen LogP contribution in [0.15, 0.2) is 42.5 Å². The topological polar surface area (TPSA) is 72.2 Å². The van der Waals surface area contributed by atoms with Gasteiger partial charge in [0, 0.05) is 5.69 Å². The van der Waals surface area contributed by atoms with E-state index in [1.807, 2.05) is 0 Å². The van der Waals surface area contributed by atoms with Crippen molar-refractivity contribution in [3.8, 4) is 0 Å². The lowest BCUT2D eigenvalue weighted by Gasteiger charge is -2.07. The summed E-state index contributed by atoms with van der Waals surface area (Å²) < 4.78 is 13.4. The van der Waals surface area contributed by atoms with Crippen LogP contribution in [0.1, 0.15) is 20.7 Å². The molecule has 102 valence electrons. The number of rotatable bonds is 3. The van der Waals surface area contributed by atoms with Crippen molar-refractivity contribution in [1.82, 2.24) is 0 Å². The molecule has 0 aromatic heterocycles. The van der Waals surface area contributed by atoms with Crippen molar-refractivity contribution < 1.29 is 14.0 Å². The minimum Gasteiger partial charge on any atom is -0.366 e. The van der Waals surface area contributed by atoms with E-state index in [1.54, 1.807) is 6.07 Å². The minimum absolute atomic E-state index is 0.0809. The van der Waals surface area contributed by atoms with Crippen molar-refractivity contribution in [2.24, 2.45) is 5.73 Å². The zero-order valence-electron chi connectivity index (χ0n) is 10.2. The highest BCUT2D eigenvalue weighted by Crippen LogP contribution is 2.21. The van der Waals surface area contributed by atoms with Gasteiger partial charge in [0.15, 0.2) is 0 Å². The number of halogens is 2. The van der Waals surface area contributed by atoms with Gasteiger partial charge in [0.05, 0.1) is 16.1 Å². The Morgan fingerprint density at radius 3 is 2.40 bits per heavy atom. The van der Waals surface area contributed by atoms with Crippen molar-refractivity contribution in [2.45, 2.75) is 0 Å². The van der Waals surface area contributed by atoms with Crippen molar-refractivity contribution in [3.63, 3.8) is 0 Å². The second kappa shape index (κ2) is 5.71. The van der Waals surface area contributed by atoms with Gasteiger partial charge in [0.2, 0.25) is 5.91 Å². The van der Waals surface area contributed by atoms with Crippen molar-refractivity contribution in [2.75, 3.05) is 5.32 Å². The number of amides is 2. The number of hydrogen-bond donors (Lipinski definition) is 2. The van der Waals surface area contributed by atoms with Gasteiger partial charge in [0.1, 0.15) is 5.82 Å². The first kappa shape index (κ1) is 14.0. The number of hydrogen-bond acceptors (Lipinski definition) is 2. The molecular weight excluding hydrogens is 283 g/mol. The van der Waals surface area contributed by atoms with Crippen LogP contribution in [0.2, 0.25) is 5.02 Å². The Kier molecular flexibility index (Phi) is 4.00. The van der Waals surface area contributed by atoms with Crippen molar-refractivity contribution in [3.05, 3.63) is 64.4 Å². The molecule has 0 atom stereocenters. The zero-order valence-corrected chi connectivity index (χ0v) is 10.9. The Balaban J connectivity index is 2.23. The smallest absolute Gasteiger partial charge is 0.258 e. The molecule has 0 fully saturated rings. The van der Waals surface area contributed by atoms with Crippen LogP contribution in [-0.4, -0.2) is 11.8 Å². The molecule has 6 heteroatoms. The molecule has 2 amide bonds. The van der Waals surface area contributed by atoms with Crippen LogP contribution in [0.5, 0.6) is 0 Å². The normalized spacial score (nSPS) is 10.1. The zero-order chi connectivity index (χ0) is 14.7. The van der Waals surface area contributed by atoms with Gasteiger partial charge in [-0.2, -0.15) is 0 Å². The molecule has 0 saturated carbocycles. The highest BCUT2D eigenvalue weighted by atomic mass is 35.5. The first-order valence-electron chi connectivity index (χ1n) is 5.64. The van der Waals surface area contributed by atoms with E-state index in [9.17, 15) is 14.0 Å². The summed E-state index contributed by atoms with van der Waals surface area (Å²) in [6.45, 7) is 0. The first-order chi connectivity index (χ1) is 9.49. The van der Waals surface area contributed by atoms with E-state index >= 15 is 0 Å². The van der Waals surface area contributed by atoms with Crippen LogP contribution >= 0.6 is 11.6 Å². The van der Waals surface area contributed by atoms with E-state index in [1.165, 1.54) is 36.4 Å². The number of benzene rings is 2. The van der Waals surface area contributed by atoms with Crippen molar-refractivity contribution >= 4 is 29.1 Å². The molecule has 3 N–H and O–H groups in total. The molecule has 0 bridgehead atoms. The summed E-state index contributed by atoms with van der Waals surface area (Å²) in [5, 5.41) is 2.61. The number of carbonyl (C=O) groups is 2. The number of carbonyl (C=O) groups excluding carboxylic acids is 2. The summed E-state index contributed by atoms with van der Waals surface area (Å²) in [6, 6.07) is 9.83. The Morgan fingerprint density at radius 1 is 1.10 bits per heavy atom. The third kappa shape index (κ3) is 2.95. The molecule has 4 nitrogen and oxygen atoms in total. The summed E-state index contributed by atoms with van der Waals surface area (Å²) in [4.78, 5) is 22.9. The van der Waals surface area contributed by atoms with E-state index in [0.29, 0.717) is 5.69 Å². The highest BCUT2D eigenvalue weighted by molar-refractivity contribution is 6.34. The Labute approximate surface area is 119 Å². The predicted molar refractivity (Wildman–Crippen MR) is 74.3 cm³/mol. The molecule has 2 rings (SSSR count). The van der Waals surface area contributed by atoms with Crippen molar-refractivity contribution in [1.29, 1.82) is 0 Å². The maximum atomic E-state index is 13.4. The molecule has 2 aromatic carbocycles. The molecule has 0 unspecified atom stereocenters. The summed E-state index contributed by atoms with van der Waals surface area (Å²) >= 11 is 5.86. The van der Waals surface area contributed by atoms with Gasteiger partial charge in [0.25, 0.3) is 5.91 Å². The molecule has 2 aromatic rings. The predicted octanol–water partition coefficient (Wildman–Crippen LogP) is 2.83. The van der Waals surface area contributed by atoms with Gasteiger partial charge >= 0.3 is 0 Å². The Hall–Kier alpha value is -2.40. The average Bonchev–Trinajstić information content (AvgIpc) is 2.38. The van der Waals surface area contributed by atoms with Crippen LogP contribution in [0.4, 0.5) is 10.1 Å². The standard InChI is InChI=1S/C14H10ClFN2O2/c15-11-7-8(5-6-9(11)13(17)19)18-14(20)10-3-1-2-4-12(10)16/h1-7H,(H2,17,19)(H,18,20). The van der Waals surface area contributed by atoms with Gasteiger partial charge in [-0.1, -0.05) is 23.7 Å². The molecular formula is C14H10ClFN2O2. The van der Waals surface area contributed by atoms with E-state index in [0.717, 1.165) is 0 Å². The maximum Gasteiger partial charge on any atom is 0.258 e. The lowest BCUT2D eigenvalue weighted by Crippen LogP contribution is -2.15. The lowest BCUT2D eigenvalue weighted by molar-refractivity contribution is 0.0998. The largest absolute Gasteiger partial charge is 0.366 e. The van der Waals surface area contributed by atoms with Crippen LogP contribution in [-0.2, 0) is 0 Å². The summed E-state index contributed by atoms with van der Waals surface area (Å²) in [7, 11) is 0. The average molecular weight is 293 g/mol. The second-order valence-corrected chi connectivity index (χ2v) is 4.40. The second-order valence-electron chi connectivity index (χ2n) is 3.99. The van der Waals surface area contributed by atoms with Crippen LogP contribution in [0.25, 0.3) is 0 Å². The Bertz CT molecular complexity index is 689. The molecule has 0 aliphatic heterocycles. The van der Waals surface area contributed by atoms with E-state index in [4.69, 9.17) is 17.3 Å². The highest BCUT2D eigenvalue weighted by Gasteiger charge is 2.12. The number of anilines is 1. The van der Waals surface area contributed by atoms with Gasteiger partial charge < -0.3 is 11.1 Å². The van der Waals surface area contributed by atoms with Gasteiger partial charge in [-0.3, -0.25) is 9.59 Å². The molecule has 0 radical (unpaired) electrons. The molecule has 0 aliphatic carbocycles. The number of nitrogens with two attached hydrogens (primary N) is 1. The number of primary amides is 1. The third-order valence-electron chi connectivity index (χ3n) is 2.61. The fourth-order valence-corrected chi connectivity index (χ4v) is 1.91. The first-order valence-corrected chi connectivity index (χ1v) is 6.02. The molecule has 0 spiro atoms.